The van der Waals surface area contributed by atoms with Crippen LogP contribution in [-0.4, -0.2) is 49.6 Å². The smallest absolute Gasteiger partial charge is 0.256 e. The maximum absolute atomic E-state index is 14.3. The number of anilines is 1. The number of amides is 2. The van der Waals surface area contributed by atoms with E-state index < -0.39 is 5.82 Å². The highest BCUT2D eigenvalue weighted by atomic mass is 19.1. The van der Waals surface area contributed by atoms with Gasteiger partial charge in [0.2, 0.25) is 5.91 Å². The lowest BCUT2D eigenvalue weighted by molar-refractivity contribution is -0.117. The van der Waals surface area contributed by atoms with E-state index in [4.69, 9.17) is 4.74 Å². The van der Waals surface area contributed by atoms with Crippen LogP contribution in [0.2, 0.25) is 0 Å². The van der Waals surface area contributed by atoms with E-state index in [1.54, 1.807) is 15.9 Å². The number of nitrogens with zero attached hydrogens (tertiary/aromatic N) is 2. The molecule has 2 saturated heterocycles. The minimum Gasteiger partial charge on any atom is -0.381 e. The highest BCUT2D eigenvalue weighted by Crippen LogP contribution is 2.26. The third-order valence-electron chi connectivity index (χ3n) is 4.93. The molecule has 2 aliphatic heterocycles. The monoisotopic (exact) mass is 348 g/mol. The second-order valence-electron chi connectivity index (χ2n) is 6.73. The predicted octanol–water partition coefficient (Wildman–Crippen LogP) is 2.84. The minimum atomic E-state index is -0.535. The van der Waals surface area contributed by atoms with Gasteiger partial charge in [-0.25, -0.2) is 4.39 Å². The molecule has 25 heavy (non-hydrogen) atoms. The fourth-order valence-electron chi connectivity index (χ4n) is 3.61. The lowest BCUT2D eigenvalue weighted by Gasteiger charge is -2.33. The first kappa shape index (κ1) is 17.9. The molecule has 0 spiro atoms. The number of piperidine rings is 1. The lowest BCUT2D eigenvalue weighted by Crippen LogP contribution is -2.41. The molecule has 2 amide bonds. The van der Waals surface area contributed by atoms with Gasteiger partial charge >= 0.3 is 0 Å². The molecule has 1 atom stereocenters. The Hall–Kier alpha value is -1.95. The number of carbonyl (C=O) groups is 2. The number of benzene rings is 1. The van der Waals surface area contributed by atoms with Crippen molar-refractivity contribution in [2.75, 3.05) is 37.7 Å². The Bertz CT molecular complexity index is 650. The van der Waals surface area contributed by atoms with E-state index in [0.29, 0.717) is 50.9 Å². The van der Waals surface area contributed by atoms with E-state index in [0.717, 1.165) is 19.3 Å². The molecule has 1 aromatic carbocycles. The van der Waals surface area contributed by atoms with Crippen molar-refractivity contribution >= 4 is 17.5 Å². The quantitative estimate of drug-likeness (QED) is 0.822. The highest BCUT2D eigenvalue weighted by molar-refractivity contribution is 5.99. The molecular formula is C19H25FN2O3. The maximum atomic E-state index is 14.3. The van der Waals surface area contributed by atoms with E-state index in [2.05, 4.69) is 0 Å². The van der Waals surface area contributed by atoms with Crippen molar-refractivity contribution in [3.8, 4) is 0 Å². The summed E-state index contributed by atoms with van der Waals surface area (Å²) < 4.78 is 19.8. The zero-order valence-corrected chi connectivity index (χ0v) is 14.7. The van der Waals surface area contributed by atoms with Crippen LogP contribution in [0.5, 0.6) is 0 Å². The molecule has 1 unspecified atom stereocenters. The van der Waals surface area contributed by atoms with Gasteiger partial charge in [-0.05, 0) is 50.3 Å². The topological polar surface area (TPSA) is 49.9 Å². The summed E-state index contributed by atoms with van der Waals surface area (Å²) in [5, 5.41) is 0. The molecule has 0 saturated carbocycles. The lowest BCUT2D eigenvalue weighted by atomic mass is 9.98. The van der Waals surface area contributed by atoms with Gasteiger partial charge in [-0.2, -0.15) is 0 Å². The standard InChI is InChI=1S/C19H25FN2O3/c1-2-25-13-14-5-3-9-21(12-14)19(24)16-11-15(7-8-17(16)20)22-10-4-6-18(22)23/h7-8,11,14H,2-6,9-10,12-13H2,1H3. The maximum Gasteiger partial charge on any atom is 0.256 e. The van der Waals surface area contributed by atoms with Crippen LogP contribution < -0.4 is 4.90 Å². The number of hydrogen-bond donors (Lipinski definition) is 0. The number of likely N-dealkylation sites (tertiary alicyclic amines) is 1. The van der Waals surface area contributed by atoms with Crippen molar-refractivity contribution in [3.05, 3.63) is 29.6 Å². The van der Waals surface area contributed by atoms with Crippen LogP contribution in [0.3, 0.4) is 0 Å². The Morgan fingerprint density at radius 3 is 2.88 bits per heavy atom. The molecule has 0 radical (unpaired) electrons. The summed E-state index contributed by atoms with van der Waals surface area (Å²) in [6.07, 6.45) is 3.22. The summed E-state index contributed by atoms with van der Waals surface area (Å²) in [6.45, 7) is 5.08. The number of carbonyl (C=O) groups excluding carboxylic acids is 2. The molecule has 2 heterocycles. The van der Waals surface area contributed by atoms with Crippen molar-refractivity contribution in [1.29, 1.82) is 0 Å². The molecule has 0 aliphatic carbocycles. The first-order valence-electron chi connectivity index (χ1n) is 9.07. The van der Waals surface area contributed by atoms with E-state index in [9.17, 15) is 14.0 Å². The summed E-state index contributed by atoms with van der Waals surface area (Å²) in [5.41, 5.74) is 0.657. The third kappa shape index (κ3) is 4.00. The van der Waals surface area contributed by atoms with Crippen LogP contribution in [0.15, 0.2) is 18.2 Å². The van der Waals surface area contributed by atoms with Crippen LogP contribution >= 0.6 is 0 Å². The van der Waals surface area contributed by atoms with Crippen LogP contribution in [0.25, 0.3) is 0 Å². The molecule has 0 N–H and O–H groups in total. The number of hydrogen-bond acceptors (Lipinski definition) is 3. The zero-order valence-electron chi connectivity index (χ0n) is 14.7. The fraction of sp³-hybridized carbons (Fsp3) is 0.579. The normalized spacial score (nSPS) is 21.0. The molecule has 2 fully saturated rings. The van der Waals surface area contributed by atoms with E-state index in [1.165, 1.54) is 12.1 Å². The van der Waals surface area contributed by atoms with Gasteiger partial charge in [-0.3, -0.25) is 9.59 Å². The number of rotatable bonds is 5. The van der Waals surface area contributed by atoms with Crippen molar-refractivity contribution in [3.63, 3.8) is 0 Å². The van der Waals surface area contributed by atoms with Gasteiger partial charge in [0, 0.05) is 38.3 Å². The number of halogens is 1. The molecule has 136 valence electrons. The van der Waals surface area contributed by atoms with Gasteiger partial charge in [-0.1, -0.05) is 0 Å². The SMILES string of the molecule is CCOCC1CCCN(C(=O)c2cc(N3CCCC3=O)ccc2F)C1. The van der Waals surface area contributed by atoms with E-state index >= 15 is 0 Å². The van der Waals surface area contributed by atoms with Crippen molar-refractivity contribution in [2.24, 2.45) is 5.92 Å². The van der Waals surface area contributed by atoms with Crippen LogP contribution in [0, 0.1) is 11.7 Å². The van der Waals surface area contributed by atoms with Crippen LogP contribution in [0.4, 0.5) is 10.1 Å². The summed E-state index contributed by atoms with van der Waals surface area (Å²) >= 11 is 0. The highest BCUT2D eigenvalue weighted by Gasteiger charge is 2.28. The molecule has 1 aromatic rings. The largest absolute Gasteiger partial charge is 0.381 e. The van der Waals surface area contributed by atoms with Crippen molar-refractivity contribution < 1.29 is 18.7 Å². The molecule has 2 aliphatic rings. The van der Waals surface area contributed by atoms with Gasteiger partial charge in [0.1, 0.15) is 5.82 Å². The van der Waals surface area contributed by atoms with E-state index in [1.807, 2.05) is 6.92 Å². The average molecular weight is 348 g/mol. The van der Waals surface area contributed by atoms with E-state index in [-0.39, 0.29) is 17.4 Å². The Labute approximate surface area is 147 Å². The third-order valence-corrected chi connectivity index (χ3v) is 4.93. The molecular weight excluding hydrogens is 323 g/mol. The summed E-state index contributed by atoms with van der Waals surface area (Å²) in [4.78, 5) is 28.1. The molecule has 3 rings (SSSR count). The zero-order chi connectivity index (χ0) is 17.8. The van der Waals surface area contributed by atoms with Crippen molar-refractivity contribution in [1.82, 2.24) is 4.90 Å². The van der Waals surface area contributed by atoms with Crippen LogP contribution in [0.1, 0.15) is 43.0 Å². The Morgan fingerprint density at radius 2 is 2.16 bits per heavy atom. The van der Waals surface area contributed by atoms with Gasteiger partial charge < -0.3 is 14.5 Å². The molecule has 0 bridgehead atoms. The van der Waals surface area contributed by atoms with Gasteiger partial charge in [0.15, 0.2) is 0 Å². The summed E-state index contributed by atoms with van der Waals surface area (Å²) in [6, 6.07) is 4.38. The minimum absolute atomic E-state index is 0.0276. The molecule has 0 aromatic heterocycles. The molecule has 6 heteroatoms. The Balaban J connectivity index is 1.75. The second-order valence-corrected chi connectivity index (χ2v) is 6.73. The molecule has 5 nitrogen and oxygen atoms in total. The summed E-state index contributed by atoms with van der Waals surface area (Å²) in [5.74, 6) is -0.511. The van der Waals surface area contributed by atoms with Gasteiger partial charge in [-0.15, -0.1) is 0 Å². The average Bonchev–Trinajstić information content (AvgIpc) is 3.06. The fourth-order valence-corrected chi connectivity index (χ4v) is 3.61. The van der Waals surface area contributed by atoms with Gasteiger partial charge in [0.25, 0.3) is 5.91 Å². The first-order chi connectivity index (χ1) is 12.1. The van der Waals surface area contributed by atoms with Crippen molar-refractivity contribution in [2.45, 2.75) is 32.6 Å². The number of ether oxygens (including phenoxy) is 1. The van der Waals surface area contributed by atoms with Crippen LogP contribution in [-0.2, 0) is 9.53 Å². The summed E-state index contributed by atoms with van der Waals surface area (Å²) in [7, 11) is 0. The Morgan fingerprint density at radius 1 is 1.32 bits per heavy atom. The predicted molar refractivity (Wildman–Crippen MR) is 93.1 cm³/mol. The second kappa shape index (κ2) is 7.95. The van der Waals surface area contributed by atoms with Gasteiger partial charge in [0.05, 0.1) is 12.2 Å². The Kier molecular flexibility index (Phi) is 5.68. The first-order valence-corrected chi connectivity index (χ1v) is 9.07.